The lowest BCUT2D eigenvalue weighted by Crippen LogP contribution is -2.23. The summed E-state index contributed by atoms with van der Waals surface area (Å²) in [6.45, 7) is 2.66. The first kappa shape index (κ1) is 13.1. The maximum absolute atomic E-state index is 13.9. The molecule has 3 nitrogen and oxygen atoms in total. The van der Waals surface area contributed by atoms with Crippen molar-refractivity contribution in [2.75, 3.05) is 11.4 Å². The van der Waals surface area contributed by atoms with E-state index in [1.165, 1.54) is 18.4 Å². The molecule has 5 heteroatoms. The highest BCUT2D eigenvalue weighted by Crippen LogP contribution is 2.25. The van der Waals surface area contributed by atoms with Gasteiger partial charge in [-0.25, -0.2) is 8.78 Å². The van der Waals surface area contributed by atoms with Gasteiger partial charge in [0, 0.05) is 6.54 Å². The lowest BCUT2D eigenvalue weighted by atomic mass is 10.1. The number of anilines is 1. The summed E-state index contributed by atoms with van der Waals surface area (Å²) >= 11 is 0. The minimum atomic E-state index is -1.11. The maximum atomic E-state index is 13.9. The molecule has 1 aromatic carbocycles. The van der Waals surface area contributed by atoms with Gasteiger partial charge in [0.05, 0.1) is 24.1 Å². The van der Waals surface area contributed by atoms with Gasteiger partial charge in [-0.15, -0.1) is 0 Å². The highest BCUT2D eigenvalue weighted by atomic mass is 19.2. The Bertz CT molecular complexity index is 603. The average Bonchev–Trinajstić information content (AvgIpc) is 2.92. The number of hydrogen-bond donors (Lipinski definition) is 0. The Morgan fingerprint density at radius 3 is 2.63 bits per heavy atom. The molecule has 0 aliphatic rings. The van der Waals surface area contributed by atoms with Gasteiger partial charge in [0.1, 0.15) is 11.8 Å². The van der Waals surface area contributed by atoms with E-state index in [0.717, 1.165) is 0 Å². The van der Waals surface area contributed by atoms with Gasteiger partial charge in [-0.2, -0.15) is 5.26 Å². The number of furan rings is 1. The first-order valence-electron chi connectivity index (χ1n) is 5.82. The van der Waals surface area contributed by atoms with Crippen molar-refractivity contribution in [3.8, 4) is 6.07 Å². The number of halogens is 2. The molecule has 0 aliphatic heterocycles. The molecule has 19 heavy (non-hydrogen) atoms. The Balaban J connectivity index is 2.34. The van der Waals surface area contributed by atoms with Gasteiger partial charge in [-0.3, -0.25) is 0 Å². The van der Waals surface area contributed by atoms with Gasteiger partial charge in [-0.1, -0.05) is 0 Å². The number of nitriles is 1. The molecular weight excluding hydrogens is 250 g/mol. The van der Waals surface area contributed by atoms with Crippen LogP contribution in [0.5, 0.6) is 0 Å². The zero-order chi connectivity index (χ0) is 13.8. The van der Waals surface area contributed by atoms with Crippen LogP contribution in [0, 0.1) is 23.0 Å². The Morgan fingerprint density at radius 1 is 1.26 bits per heavy atom. The van der Waals surface area contributed by atoms with Crippen molar-refractivity contribution in [3.63, 3.8) is 0 Å². The summed E-state index contributed by atoms with van der Waals surface area (Å²) in [5.41, 5.74) is -0.175. The van der Waals surface area contributed by atoms with E-state index in [0.29, 0.717) is 18.8 Å². The SMILES string of the molecule is CCN(Cc1ccco1)c1ccc(C#N)c(F)c1F. The molecule has 0 saturated heterocycles. The van der Waals surface area contributed by atoms with Crippen molar-refractivity contribution >= 4 is 5.69 Å². The minimum Gasteiger partial charge on any atom is -0.467 e. The molecule has 0 atom stereocenters. The monoisotopic (exact) mass is 262 g/mol. The summed E-state index contributed by atoms with van der Waals surface area (Å²) in [5, 5.41) is 8.65. The second-order valence-corrected chi connectivity index (χ2v) is 3.97. The molecule has 0 bridgehead atoms. The summed E-state index contributed by atoms with van der Waals surface area (Å²) in [7, 11) is 0. The number of hydrogen-bond acceptors (Lipinski definition) is 3. The van der Waals surface area contributed by atoms with E-state index in [1.807, 2.05) is 6.92 Å². The standard InChI is InChI=1S/C14H12F2N2O/c1-2-18(9-11-4-3-7-19-11)12-6-5-10(8-17)13(15)14(12)16/h3-7H,2,9H2,1H3. The highest BCUT2D eigenvalue weighted by Gasteiger charge is 2.18. The number of benzene rings is 1. The van der Waals surface area contributed by atoms with Crippen LogP contribution in [0.4, 0.5) is 14.5 Å². The van der Waals surface area contributed by atoms with Gasteiger partial charge in [0.25, 0.3) is 0 Å². The molecule has 2 aromatic rings. The van der Waals surface area contributed by atoms with Crippen LogP contribution in [0.2, 0.25) is 0 Å². The third kappa shape index (κ3) is 2.58. The van der Waals surface area contributed by atoms with Gasteiger partial charge < -0.3 is 9.32 Å². The third-order valence-electron chi connectivity index (χ3n) is 2.83. The summed E-state index contributed by atoms with van der Waals surface area (Å²) in [5.74, 6) is -1.46. The van der Waals surface area contributed by atoms with Crippen LogP contribution >= 0.6 is 0 Å². The molecule has 2 rings (SSSR count). The van der Waals surface area contributed by atoms with E-state index in [4.69, 9.17) is 9.68 Å². The molecule has 0 fully saturated rings. The van der Waals surface area contributed by atoms with E-state index in [2.05, 4.69) is 0 Å². The fourth-order valence-electron chi connectivity index (χ4n) is 1.83. The second-order valence-electron chi connectivity index (χ2n) is 3.97. The Kier molecular flexibility index (Phi) is 3.81. The van der Waals surface area contributed by atoms with E-state index in [-0.39, 0.29) is 11.3 Å². The maximum Gasteiger partial charge on any atom is 0.183 e. The normalized spacial score (nSPS) is 10.2. The largest absolute Gasteiger partial charge is 0.467 e. The molecule has 1 aromatic heterocycles. The zero-order valence-corrected chi connectivity index (χ0v) is 10.4. The molecular formula is C14H12F2N2O. The topological polar surface area (TPSA) is 40.2 Å². The number of rotatable bonds is 4. The van der Waals surface area contributed by atoms with Crippen molar-refractivity contribution in [1.29, 1.82) is 5.26 Å². The van der Waals surface area contributed by atoms with Crippen LogP contribution in [0.25, 0.3) is 0 Å². The molecule has 0 spiro atoms. The predicted molar refractivity (Wildman–Crippen MR) is 66.5 cm³/mol. The molecule has 0 aliphatic carbocycles. The van der Waals surface area contributed by atoms with Crippen LogP contribution in [-0.2, 0) is 6.54 Å². The lowest BCUT2D eigenvalue weighted by molar-refractivity contribution is 0.488. The molecule has 0 amide bonds. The van der Waals surface area contributed by atoms with Crippen molar-refractivity contribution in [2.24, 2.45) is 0 Å². The Morgan fingerprint density at radius 2 is 2.05 bits per heavy atom. The second kappa shape index (κ2) is 5.53. The smallest absolute Gasteiger partial charge is 0.183 e. The van der Waals surface area contributed by atoms with Gasteiger partial charge in [-0.05, 0) is 31.2 Å². The van der Waals surface area contributed by atoms with Crippen molar-refractivity contribution in [3.05, 3.63) is 53.5 Å². The van der Waals surface area contributed by atoms with Crippen LogP contribution in [0.15, 0.2) is 34.9 Å². The molecule has 1 heterocycles. The van der Waals surface area contributed by atoms with Crippen LogP contribution in [0.3, 0.4) is 0 Å². The van der Waals surface area contributed by atoms with E-state index in [1.54, 1.807) is 23.1 Å². The van der Waals surface area contributed by atoms with Crippen molar-refractivity contribution in [2.45, 2.75) is 13.5 Å². The molecule has 0 radical (unpaired) electrons. The van der Waals surface area contributed by atoms with E-state index in [9.17, 15) is 8.78 Å². The van der Waals surface area contributed by atoms with Crippen molar-refractivity contribution in [1.82, 2.24) is 0 Å². The number of nitrogens with zero attached hydrogens (tertiary/aromatic N) is 2. The highest BCUT2D eigenvalue weighted by molar-refractivity contribution is 5.52. The predicted octanol–water partition coefficient (Wildman–Crippen LogP) is 3.46. The fourth-order valence-corrected chi connectivity index (χ4v) is 1.83. The quantitative estimate of drug-likeness (QED) is 0.847. The Hall–Kier alpha value is -2.35. The zero-order valence-electron chi connectivity index (χ0n) is 10.4. The van der Waals surface area contributed by atoms with Gasteiger partial charge in [0.2, 0.25) is 0 Å². The molecule has 98 valence electrons. The fraction of sp³-hybridized carbons (Fsp3) is 0.214. The minimum absolute atomic E-state index is 0.121. The first-order valence-corrected chi connectivity index (χ1v) is 5.82. The van der Waals surface area contributed by atoms with Crippen LogP contribution in [-0.4, -0.2) is 6.54 Å². The first-order chi connectivity index (χ1) is 9.17. The van der Waals surface area contributed by atoms with Crippen molar-refractivity contribution < 1.29 is 13.2 Å². The molecule has 0 unspecified atom stereocenters. The third-order valence-corrected chi connectivity index (χ3v) is 2.83. The van der Waals surface area contributed by atoms with E-state index >= 15 is 0 Å². The summed E-state index contributed by atoms with van der Waals surface area (Å²) < 4.78 is 32.7. The summed E-state index contributed by atoms with van der Waals surface area (Å²) in [4.78, 5) is 1.64. The lowest BCUT2D eigenvalue weighted by Gasteiger charge is -2.22. The summed E-state index contributed by atoms with van der Waals surface area (Å²) in [6.07, 6.45) is 1.53. The molecule has 0 saturated carbocycles. The van der Waals surface area contributed by atoms with Gasteiger partial charge in [0.15, 0.2) is 11.6 Å². The Labute approximate surface area is 109 Å². The van der Waals surface area contributed by atoms with E-state index < -0.39 is 11.6 Å². The molecule has 0 N–H and O–H groups in total. The van der Waals surface area contributed by atoms with Crippen LogP contribution in [0.1, 0.15) is 18.2 Å². The average molecular weight is 262 g/mol. The summed E-state index contributed by atoms with van der Waals surface area (Å²) in [6, 6.07) is 7.80. The van der Waals surface area contributed by atoms with Crippen LogP contribution < -0.4 is 4.90 Å². The van der Waals surface area contributed by atoms with Gasteiger partial charge >= 0.3 is 0 Å².